The van der Waals surface area contributed by atoms with Gasteiger partial charge in [-0.3, -0.25) is 4.79 Å². The van der Waals surface area contributed by atoms with E-state index in [9.17, 15) is 19.1 Å². The SMILES string of the molecule is COc1cccc(F)c1C(=O)N1CCCC[C@H]1C(=O)O. The third-order valence-corrected chi connectivity index (χ3v) is 3.46. The molecule has 6 heteroatoms. The highest BCUT2D eigenvalue weighted by molar-refractivity contribution is 5.99. The molecule has 1 saturated heterocycles. The van der Waals surface area contributed by atoms with Crippen molar-refractivity contribution in [2.24, 2.45) is 0 Å². The van der Waals surface area contributed by atoms with Crippen LogP contribution in [0.4, 0.5) is 4.39 Å². The molecule has 1 amide bonds. The van der Waals surface area contributed by atoms with E-state index in [1.807, 2.05) is 0 Å². The molecule has 1 aliphatic heterocycles. The van der Waals surface area contributed by atoms with Crippen molar-refractivity contribution in [1.82, 2.24) is 4.90 Å². The lowest BCUT2D eigenvalue weighted by molar-refractivity contribution is -0.143. The number of carboxylic acid groups (broad SMARTS) is 1. The van der Waals surface area contributed by atoms with Crippen molar-refractivity contribution in [3.63, 3.8) is 0 Å². The van der Waals surface area contributed by atoms with Gasteiger partial charge in [-0.2, -0.15) is 0 Å². The molecule has 20 heavy (non-hydrogen) atoms. The number of amides is 1. The Hall–Kier alpha value is -2.11. The predicted molar refractivity (Wildman–Crippen MR) is 69.3 cm³/mol. The molecular formula is C14H16FNO4. The van der Waals surface area contributed by atoms with Gasteiger partial charge in [0.2, 0.25) is 0 Å². The molecule has 0 aliphatic carbocycles. The molecule has 0 aromatic heterocycles. The average Bonchev–Trinajstić information content (AvgIpc) is 2.46. The van der Waals surface area contributed by atoms with E-state index >= 15 is 0 Å². The fraction of sp³-hybridized carbons (Fsp3) is 0.429. The lowest BCUT2D eigenvalue weighted by Gasteiger charge is -2.33. The van der Waals surface area contributed by atoms with Gasteiger partial charge in [-0.15, -0.1) is 0 Å². The van der Waals surface area contributed by atoms with Gasteiger partial charge in [-0.25, -0.2) is 9.18 Å². The maximum atomic E-state index is 13.9. The maximum Gasteiger partial charge on any atom is 0.326 e. The van der Waals surface area contributed by atoms with Gasteiger partial charge in [0.15, 0.2) is 0 Å². The normalized spacial score (nSPS) is 18.7. The van der Waals surface area contributed by atoms with Crippen molar-refractivity contribution in [2.75, 3.05) is 13.7 Å². The third-order valence-electron chi connectivity index (χ3n) is 3.46. The highest BCUT2D eigenvalue weighted by Crippen LogP contribution is 2.26. The molecule has 108 valence electrons. The Morgan fingerprint density at radius 1 is 1.40 bits per heavy atom. The van der Waals surface area contributed by atoms with Gasteiger partial charge in [0, 0.05) is 6.54 Å². The van der Waals surface area contributed by atoms with Gasteiger partial charge < -0.3 is 14.7 Å². The molecule has 0 saturated carbocycles. The van der Waals surface area contributed by atoms with Crippen LogP contribution in [0.2, 0.25) is 0 Å². The molecular weight excluding hydrogens is 265 g/mol. The lowest BCUT2D eigenvalue weighted by atomic mass is 10.0. The second-order valence-corrected chi connectivity index (χ2v) is 4.67. The summed E-state index contributed by atoms with van der Waals surface area (Å²) in [4.78, 5) is 24.9. The second-order valence-electron chi connectivity index (χ2n) is 4.67. The number of likely N-dealkylation sites (tertiary alicyclic amines) is 1. The van der Waals surface area contributed by atoms with E-state index in [1.165, 1.54) is 24.1 Å². The van der Waals surface area contributed by atoms with Crippen LogP contribution in [0.25, 0.3) is 0 Å². The van der Waals surface area contributed by atoms with E-state index in [0.717, 1.165) is 12.5 Å². The number of methoxy groups -OCH3 is 1. The minimum absolute atomic E-state index is 0.115. The summed E-state index contributed by atoms with van der Waals surface area (Å²) in [7, 11) is 1.34. The summed E-state index contributed by atoms with van der Waals surface area (Å²) in [5.41, 5.74) is -0.205. The van der Waals surface area contributed by atoms with Crippen LogP contribution >= 0.6 is 0 Å². The highest BCUT2D eigenvalue weighted by Gasteiger charge is 2.34. The van der Waals surface area contributed by atoms with Crippen molar-refractivity contribution >= 4 is 11.9 Å². The zero-order chi connectivity index (χ0) is 14.7. The van der Waals surface area contributed by atoms with Crippen molar-refractivity contribution in [1.29, 1.82) is 0 Å². The molecule has 1 N–H and O–H groups in total. The number of hydrogen-bond acceptors (Lipinski definition) is 3. The number of halogens is 1. The van der Waals surface area contributed by atoms with E-state index in [-0.39, 0.29) is 11.3 Å². The minimum atomic E-state index is -1.06. The Morgan fingerprint density at radius 2 is 2.15 bits per heavy atom. The minimum Gasteiger partial charge on any atom is -0.496 e. The van der Waals surface area contributed by atoms with Crippen LogP contribution in [0.5, 0.6) is 5.75 Å². The largest absolute Gasteiger partial charge is 0.496 e. The van der Waals surface area contributed by atoms with Gasteiger partial charge in [0.1, 0.15) is 23.2 Å². The van der Waals surface area contributed by atoms with Crippen molar-refractivity contribution in [3.05, 3.63) is 29.6 Å². The first-order chi connectivity index (χ1) is 9.56. The number of aliphatic carboxylic acids is 1. The van der Waals surface area contributed by atoms with Crippen LogP contribution in [0.3, 0.4) is 0 Å². The summed E-state index contributed by atoms with van der Waals surface area (Å²) < 4.78 is 18.9. The summed E-state index contributed by atoms with van der Waals surface area (Å²) in [5, 5.41) is 9.18. The number of piperidine rings is 1. The van der Waals surface area contributed by atoms with E-state index < -0.39 is 23.7 Å². The fourth-order valence-corrected chi connectivity index (χ4v) is 2.46. The summed E-state index contributed by atoms with van der Waals surface area (Å²) in [5.74, 6) is -2.28. The Labute approximate surface area is 116 Å². The Bertz CT molecular complexity index is 532. The third kappa shape index (κ3) is 2.59. The zero-order valence-corrected chi connectivity index (χ0v) is 11.1. The molecule has 1 aromatic carbocycles. The van der Waals surface area contributed by atoms with Crippen molar-refractivity contribution in [3.8, 4) is 5.75 Å². The molecule has 1 aliphatic rings. The van der Waals surface area contributed by atoms with Crippen LogP contribution in [-0.2, 0) is 4.79 Å². The summed E-state index contributed by atoms with van der Waals surface area (Å²) in [6, 6.07) is 3.18. The number of rotatable bonds is 3. The van der Waals surface area contributed by atoms with E-state index in [2.05, 4.69) is 0 Å². The van der Waals surface area contributed by atoms with Crippen molar-refractivity contribution < 1.29 is 23.8 Å². The molecule has 0 unspecified atom stereocenters. The Balaban J connectivity index is 2.37. The molecule has 0 bridgehead atoms. The van der Waals surface area contributed by atoms with Crippen LogP contribution in [0, 0.1) is 5.82 Å². The van der Waals surface area contributed by atoms with E-state index in [1.54, 1.807) is 0 Å². The van der Waals surface area contributed by atoms with Crippen LogP contribution in [-0.4, -0.2) is 41.6 Å². The Kier molecular flexibility index (Phi) is 4.22. The summed E-state index contributed by atoms with van der Waals surface area (Å²) in [6.07, 6.45) is 1.85. The van der Waals surface area contributed by atoms with Gasteiger partial charge in [-0.1, -0.05) is 6.07 Å². The molecule has 5 nitrogen and oxygen atoms in total. The monoisotopic (exact) mass is 281 g/mol. The molecule has 1 heterocycles. The summed E-state index contributed by atoms with van der Waals surface area (Å²) >= 11 is 0. The van der Waals surface area contributed by atoms with Gasteiger partial charge in [0.25, 0.3) is 5.91 Å². The Morgan fingerprint density at radius 3 is 2.80 bits per heavy atom. The predicted octanol–water partition coefficient (Wildman–Crippen LogP) is 1.91. The molecule has 1 fully saturated rings. The van der Waals surface area contributed by atoms with Gasteiger partial charge >= 0.3 is 5.97 Å². The maximum absolute atomic E-state index is 13.9. The molecule has 0 radical (unpaired) electrons. The average molecular weight is 281 g/mol. The number of ether oxygens (including phenoxy) is 1. The van der Waals surface area contributed by atoms with Crippen LogP contribution in [0.1, 0.15) is 29.6 Å². The highest BCUT2D eigenvalue weighted by atomic mass is 19.1. The van der Waals surface area contributed by atoms with E-state index in [0.29, 0.717) is 19.4 Å². The number of carbonyl (C=O) groups is 2. The zero-order valence-electron chi connectivity index (χ0n) is 11.1. The van der Waals surface area contributed by atoms with Gasteiger partial charge in [-0.05, 0) is 31.4 Å². The van der Waals surface area contributed by atoms with Crippen LogP contribution in [0.15, 0.2) is 18.2 Å². The smallest absolute Gasteiger partial charge is 0.326 e. The molecule has 2 rings (SSSR count). The standard InChI is InChI=1S/C14H16FNO4/c1-20-11-7-4-5-9(15)12(11)13(17)16-8-3-2-6-10(16)14(18)19/h4-5,7,10H,2-3,6,8H2,1H3,(H,18,19)/t10-/m0/s1. The lowest BCUT2D eigenvalue weighted by Crippen LogP contribution is -2.48. The van der Waals surface area contributed by atoms with Gasteiger partial charge in [0.05, 0.1) is 7.11 Å². The second kappa shape index (κ2) is 5.90. The number of carbonyl (C=O) groups excluding carboxylic acids is 1. The fourth-order valence-electron chi connectivity index (χ4n) is 2.46. The van der Waals surface area contributed by atoms with E-state index in [4.69, 9.17) is 4.74 Å². The molecule has 1 atom stereocenters. The molecule has 0 spiro atoms. The number of benzene rings is 1. The summed E-state index contributed by atoms with van der Waals surface area (Å²) in [6.45, 7) is 0.313. The van der Waals surface area contributed by atoms with Crippen LogP contribution < -0.4 is 4.74 Å². The number of nitrogens with zero attached hydrogens (tertiary/aromatic N) is 1. The number of hydrogen-bond donors (Lipinski definition) is 1. The first-order valence-corrected chi connectivity index (χ1v) is 6.42. The topological polar surface area (TPSA) is 66.8 Å². The first kappa shape index (κ1) is 14.3. The quantitative estimate of drug-likeness (QED) is 0.919. The molecule has 1 aromatic rings. The van der Waals surface area contributed by atoms with Crippen molar-refractivity contribution in [2.45, 2.75) is 25.3 Å². The number of carboxylic acids is 1. The first-order valence-electron chi connectivity index (χ1n) is 6.42.